The zero-order valence-corrected chi connectivity index (χ0v) is 11.5. The molecule has 1 fully saturated rings. The van der Waals surface area contributed by atoms with E-state index < -0.39 is 43.3 Å². The van der Waals surface area contributed by atoms with E-state index in [0.717, 1.165) is 0 Å². The van der Waals surface area contributed by atoms with Crippen LogP contribution in [0.25, 0.3) is 0 Å². The van der Waals surface area contributed by atoms with Crippen molar-refractivity contribution in [3.8, 4) is 0 Å². The van der Waals surface area contributed by atoms with E-state index in [0.29, 0.717) is 0 Å². The van der Waals surface area contributed by atoms with E-state index >= 15 is 0 Å². The molecule has 1 aromatic carbocycles. The minimum atomic E-state index is -1.36. The van der Waals surface area contributed by atoms with Gasteiger partial charge in [-0.15, -0.1) is 0 Å². The quantitative estimate of drug-likeness (QED) is 0.631. The van der Waals surface area contributed by atoms with E-state index in [1.807, 2.05) is 0 Å². The molecule has 0 aliphatic carbocycles. The number of carbonyl (C=O) groups excluding carboxylic acids is 1. The molecule has 3 N–H and O–H groups in total. The molecule has 5 atom stereocenters. The predicted octanol–water partition coefficient (Wildman–Crippen LogP) is -0.703. The molecule has 1 heterocycles. The Morgan fingerprint density at radius 2 is 1.90 bits per heavy atom. The Hall–Kier alpha value is -1.51. The fraction of sp³-hybridized carbons (Fsp3) is 0.500. The van der Waals surface area contributed by atoms with Gasteiger partial charge in [0.05, 0.1) is 12.2 Å². The number of hydrogen-bond acceptors (Lipinski definition) is 7. The van der Waals surface area contributed by atoms with Gasteiger partial charge >= 0.3 is 5.97 Å². The SMILES string of the molecule is CO[C@H]1O[C@H](CO)[C@H](O)[C@H](OC(=O)c2ccccc2)[C@H]1O. The van der Waals surface area contributed by atoms with Gasteiger partial charge in [0.2, 0.25) is 0 Å². The third-order valence-electron chi connectivity index (χ3n) is 3.31. The molecule has 21 heavy (non-hydrogen) atoms. The summed E-state index contributed by atoms with van der Waals surface area (Å²) in [5.41, 5.74) is 0.290. The van der Waals surface area contributed by atoms with Crippen LogP contribution in [-0.4, -0.2) is 65.7 Å². The average Bonchev–Trinajstić information content (AvgIpc) is 2.52. The van der Waals surface area contributed by atoms with Gasteiger partial charge in [0, 0.05) is 7.11 Å². The molecule has 1 aromatic rings. The molecule has 7 nitrogen and oxygen atoms in total. The van der Waals surface area contributed by atoms with Crippen molar-refractivity contribution in [2.75, 3.05) is 13.7 Å². The van der Waals surface area contributed by atoms with Crippen molar-refractivity contribution >= 4 is 5.97 Å². The first-order chi connectivity index (χ1) is 10.1. The standard InChI is InChI=1S/C14H18O7/c1-19-14-11(17)12(10(16)9(7-15)20-14)21-13(18)8-5-3-2-4-6-8/h2-6,9-12,14-17H,7H2,1H3/t9-,10+,11-,12+,14+/m1/s1. The highest BCUT2D eigenvalue weighted by atomic mass is 16.7. The zero-order chi connectivity index (χ0) is 15.4. The molecule has 0 amide bonds. The van der Waals surface area contributed by atoms with Gasteiger partial charge in [0.1, 0.15) is 18.3 Å². The summed E-state index contributed by atoms with van der Waals surface area (Å²) in [6.07, 6.45) is -6.08. The third-order valence-corrected chi connectivity index (χ3v) is 3.31. The van der Waals surface area contributed by atoms with Crippen LogP contribution < -0.4 is 0 Å². The maximum Gasteiger partial charge on any atom is 0.338 e. The van der Waals surface area contributed by atoms with Gasteiger partial charge in [-0.1, -0.05) is 18.2 Å². The highest BCUT2D eigenvalue weighted by Crippen LogP contribution is 2.24. The molecular weight excluding hydrogens is 280 g/mol. The minimum absolute atomic E-state index is 0.290. The Kier molecular flexibility index (Phi) is 5.27. The van der Waals surface area contributed by atoms with Crippen LogP contribution in [-0.2, 0) is 14.2 Å². The van der Waals surface area contributed by atoms with Crippen molar-refractivity contribution < 1.29 is 34.3 Å². The van der Waals surface area contributed by atoms with E-state index in [-0.39, 0.29) is 5.56 Å². The molecule has 1 aliphatic rings. The summed E-state index contributed by atoms with van der Waals surface area (Å²) in [4.78, 5) is 12.0. The second-order valence-electron chi connectivity index (χ2n) is 4.68. The highest BCUT2D eigenvalue weighted by molar-refractivity contribution is 5.89. The summed E-state index contributed by atoms with van der Waals surface area (Å²) in [5.74, 6) is -0.688. The van der Waals surface area contributed by atoms with E-state index in [1.54, 1.807) is 30.3 Å². The maximum absolute atomic E-state index is 12.0. The first kappa shape index (κ1) is 15.9. The molecule has 0 aromatic heterocycles. The zero-order valence-electron chi connectivity index (χ0n) is 11.5. The Bertz CT molecular complexity index is 448. The van der Waals surface area contributed by atoms with Crippen LogP contribution in [0.2, 0.25) is 0 Å². The van der Waals surface area contributed by atoms with Gasteiger partial charge in [-0.2, -0.15) is 0 Å². The normalized spacial score (nSPS) is 32.7. The summed E-state index contributed by atoms with van der Waals surface area (Å²) in [6.45, 7) is -0.493. The smallest absolute Gasteiger partial charge is 0.338 e. The van der Waals surface area contributed by atoms with Crippen LogP contribution in [0.5, 0.6) is 0 Å². The van der Waals surface area contributed by atoms with Crippen LogP contribution in [0, 0.1) is 0 Å². The minimum Gasteiger partial charge on any atom is -0.453 e. The summed E-state index contributed by atoms with van der Waals surface area (Å²) < 4.78 is 15.2. The third kappa shape index (κ3) is 3.39. The van der Waals surface area contributed by atoms with Crippen molar-refractivity contribution in [1.82, 2.24) is 0 Å². The molecule has 7 heteroatoms. The average molecular weight is 298 g/mol. The van der Waals surface area contributed by atoms with Gasteiger partial charge < -0.3 is 29.5 Å². The van der Waals surface area contributed by atoms with Crippen molar-refractivity contribution in [3.63, 3.8) is 0 Å². The van der Waals surface area contributed by atoms with Crippen LogP contribution in [0.3, 0.4) is 0 Å². The van der Waals surface area contributed by atoms with Crippen LogP contribution in [0.1, 0.15) is 10.4 Å². The number of methoxy groups -OCH3 is 1. The first-order valence-corrected chi connectivity index (χ1v) is 6.49. The molecule has 0 bridgehead atoms. The first-order valence-electron chi connectivity index (χ1n) is 6.49. The van der Waals surface area contributed by atoms with E-state index in [1.165, 1.54) is 7.11 Å². The molecule has 1 aliphatic heterocycles. The fourth-order valence-electron chi connectivity index (χ4n) is 2.15. The molecule has 0 unspecified atom stereocenters. The number of aliphatic hydroxyl groups is 3. The van der Waals surface area contributed by atoms with Crippen molar-refractivity contribution in [2.45, 2.75) is 30.7 Å². The molecule has 0 spiro atoms. The Morgan fingerprint density at radius 1 is 1.24 bits per heavy atom. The number of carbonyl (C=O) groups is 1. The van der Waals surface area contributed by atoms with E-state index in [2.05, 4.69) is 0 Å². The molecule has 2 rings (SSSR count). The van der Waals surface area contributed by atoms with Gasteiger partial charge in [0.15, 0.2) is 12.4 Å². The lowest BCUT2D eigenvalue weighted by molar-refractivity contribution is -0.293. The Labute approximate surface area is 121 Å². The summed E-state index contributed by atoms with van der Waals surface area (Å²) in [6, 6.07) is 8.19. The number of hydrogen-bond donors (Lipinski definition) is 3. The lowest BCUT2D eigenvalue weighted by atomic mass is 9.99. The number of ether oxygens (including phenoxy) is 3. The number of aliphatic hydroxyl groups excluding tert-OH is 3. The summed E-state index contributed by atoms with van der Waals surface area (Å²) in [5, 5.41) is 29.2. The monoisotopic (exact) mass is 298 g/mol. The number of rotatable bonds is 4. The highest BCUT2D eigenvalue weighted by Gasteiger charge is 2.46. The van der Waals surface area contributed by atoms with Crippen LogP contribution in [0.4, 0.5) is 0 Å². The summed E-state index contributed by atoms with van der Waals surface area (Å²) >= 11 is 0. The summed E-state index contributed by atoms with van der Waals surface area (Å²) in [7, 11) is 1.30. The molecular formula is C14H18O7. The van der Waals surface area contributed by atoms with Gasteiger partial charge in [-0.25, -0.2) is 4.79 Å². The molecule has 116 valence electrons. The fourth-order valence-corrected chi connectivity index (χ4v) is 2.15. The molecule has 1 saturated heterocycles. The number of benzene rings is 1. The predicted molar refractivity (Wildman–Crippen MR) is 70.4 cm³/mol. The lowest BCUT2D eigenvalue weighted by Gasteiger charge is -2.40. The van der Waals surface area contributed by atoms with Gasteiger partial charge in [-0.3, -0.25) is 0 Å². The van der Waals surface area contributed by atoms with Crippen molar-refractivity contribution in [2.24, 2.45) is 0 Å². The van der Waals surface area contributed by atoms with E-state index in [4.69, 9.17) is 19.3 Å². The Balaban J connectivity index is 2.13. The maximum atomic E-state index is 12.0. The van der Waals surface area contributed by atoms with Crippen LogP contribution in [0.15, 0.2) is 30.3 Å². The van der Waals surface area contributed by atoms with Crippen molar-refractivity contribution in [1.29, 1.82) is 0 Å². The second kappa shape index (κ2) is 6.97. The van der Waals surface area contributed by atoms with Crippen LogP contribution >= 0.6 is 0 Å². The van der Waals surface area contributed by atoms with E-state index in [9.17, 15) is 15.0 Å². The Morgan fingerprint density at radius 3 is 2.48 bits per heavy atom. The lowest BCUT2D eigenvalue weighted by Crippen LogP contribution is -2.60. The second-order valence-corrected chi connectivity index (χ2v) is 4.68. The van der Waals surface area contributed by atoms with Crippen molar-refractivity contribution in [3.05, 3.63) is 35.9 Å². The molecule has 0 saturated carbocycles. The molecule has 0 radical (unpaired) electrons. The van der Waals surface area contributed by atoms with Gasteiger partial charge in [0.25, 0.3) is 0 Å². The van der Waals surface area contributed by atoms with Gasteiger partial charge in [-0.05, 0) is 12.1 Å². The largest absolute Gasteiger partial charge is 0.453 e. The number of esters is 1. The topological polar surface area (TPSA) is 105 Å².